The van der Waals surface area contributed by atoms with Crippen LogP contribution in [0.1, 0.15) is 13.8 Å². The summed E-state index contributed by atoms with van der Waals surface area (Å²) in [5, 5.41) is 0. The predicted molar refractivity (Wildman–Crippen MR) is 41.5 cm³/mol. The standard InChI is InChI=1S/C4H9BrO5Si/c1-4(2,5)3(6)10-11(7,8)9/h7-9H,1-2H3. The average Bonchev–Trinajstić information content (AvgIpc) is 1.56. The van der Waals surface area contributed by atoms with Crippen molar-refractivity contribution in [2.75, 3.05) is 0 Å². The molecule has 0 amide bonds. The molecule has 0 bridgehead atoms. The molecule has 0 aromatic rings. The summed E-state index contributed by atoms with van der Waals surface area (Å²) >= 11 is 2.91. The Balaban J connectivity index is 4.11. The first-order valence-electron chi connectivity index (χ1n) is 2.72. The lowest BCUT2D eigenvalue weighted by Crippen LogP contribution is -2.45. The molecule has 0 rings (SSSR count). The van der Waals surface area contributed by atoms with Crippen LogP contribution in [0.5, 0.6) is 0 Å². The Bertz CT molecular complexity index is 157. The zero-order valence-corrected chi connectivity index (χ0v) is 8.62. The van der Waals surface area contributed by atoms with E-state index in [1.807, 2.05) is 0 Å². The summed E-state index contributed by atoms with van der Waals surface area (Å²) < 4.78 is 2.89. The summed E-state index contributed by atoms with van der Waals surface area (Å²) in [6, 6.07) is 0. The minimum atomic E-state index is -4.71. The zero-order valence-electron chi connectivity index (χ0n) is 6.04. The Morgan fingerprint density at radius 1 is 1.45 bits per heavy atom. The summed E-state index contributed by atoms with van der Waals surface area (Å²) in [6.45, 7) is 2.91. The van der Waals surface area contributed by atoms with Gasteiger partial charge in [0.15, 0.2) is 0 Å². The van der Waals surface area contributed by atoms with E-state index < -0.39 is 19.3 Å². The lowest BCUT2D eigenvalue weighted by molar-refractivity contribution is -0.142. The van der Waals surface area contributed by atoms with Gasteiger partial charge in [0.2, 0.25) is 0 Å². The van der Waals surface area contributed by atoms with E-state index in [-0.39, 0.29) is 0 Å². The van der Waals surface area contributed by atoms with Crippen LogP contribution >= 0.6 is 15.9 Å². The first kappa shape index (κ1) is 11.0. The van der Waals surface area contributed by atoms with Crippen LogP contribution in [-0.4, -0.2) is 33.7 Å². The van der Waals surface area contributed by atoms with Crippen molar-refractivity contribution in [3.63, 3.8) is 0 Å². The highest BCUT2D eigenvalue weighted by Crippen LogP contribution is 2.18. The van der Waals surface area contributed by atoms with Crippen molar-refractivity contribution in [3.8, 4) is 0 Å². The Hall–Kier alpha value is 0.0469. The van der Waals surface area contributed by atoms with Gasteiger partial charge < -0.3 is 18.8 Å². The van der Waals surface area contributed by atoms with Crippen LogP contribution in [0.15, 0.2) is 0 Å². The number of carbonyl (C=O) groups excluding carboxylic acids is 1. The van der Waals surface area contributed by atoms with Gasteiger partial charge in [-0.1, -0.05) is 15.9 Å². The maximum atomic E-state index is 10.8. The van der Waals surface area contributed by atoms with E-state index in [4.69, 9.17) is 14.4 Å². The third kappa shape index (κ3) is 5.33. The highest BCUT2D eigenvalue weighted by atomic mass is 79.9. The smallest absolute Gasteiger partial charge is 0.451 e. The van der Waals surface area contributed by atoms with Gasteiger partial charge in [-0.3, -0.25) is 4.79 Å². The van der Waals surface area contributed by atoms with Gasteiger partial charge in [-0.25, -0.2) is 0 Å². The lowest BCUT2D eigenvalue weighted by atomic mass is 10.2. The van der Waals surface area contributed by atoms with Crippen molar-refractivity contribution in [2.45, 2.75) is 18.2 Å². The van der Waals surface area contributed by atoms with Crippen LogP contribution in [0.2, 0.25) is 0 Å². The largest absolute Gasteiger partial charge is 0.743 e. The van der Waals surface area contributed by atoms with E-state index >= 15 is 0 Å². The first-order chi connectivity index (χ1) is 4.63. The SMILES string of the molecule is CC(C)(Br)C(=O)O[Si](O)(O)O. The molecule has 0 radical (unpaired) electrons. The number of hydrogen-bond donors (Lipinski definition) is 3. The van der Waals surface area contributed by atoms with Crippen LogP contribution in [-0.2, 0) is 9.22 Å². The van der Waals surface area contributed by atoms with Crippen LogP contribution in [0.3, 0.4) is 0 Å². The van der Waals surface area contributed by atoms with Crippen molar-refractivity contribution in [1.29, 1.82) is 0 Å². The second-order valence-corrected chi connectivity index (χ2v) is 5.77. The fraction of sp³-hybridized carbons (Fsp3) is 0.750. The molecule has 11 heavy (non-hydrogen) atoms. The lowest BCUT2D eigenvalue weighted by Gasteiger charge is -2.17. The minimum absolute atomic E-state index is 0.920. The van der Waals surface area contributed by atoms with Gasteiger partial charge in [0.05, 0.1) is 0 Å². The molecule has 0 atom stereocenters. The fourth-order valence-corrected chi connectivity index (χ4v) is 0.980. The predicted octanol–water partition coefficient (Wildman–Crippen LogP) is -0.884. The maximum absolute atomic E-state index is 10.8. The van der Waals surface area contributed by atoms with Gasteiger partial charge >= 0.3 is 15.0 Å². The molecule has 0 unspecified atom stereocenters. The Morgan fingerprint density at radius 2 is 1.82 bits per heavy atom. The highest BCUT2D eigenvalue weighted by molar-refractivity contribution is 9.10. The molecule has 66 valence electrons. The second kappa shape index (κ2) is 3.19. The molecule has 0 aliphatic carbocycles. The van der Waals surface area contributed by atoms with Gasteiger partial charge in [0, 0.05) is 0 Å². The average molecular weight is 245 g/mol. The van der Waals surface area contributed by atoms with E-state index in [1.54, 1.807) is 0 Å². The topological polar surface area (TPSA) is 87.0 Å². The Labute approximate surface area is 73.2 Å². The first-order valence-corrected chi connectivity index (χ1v) is 5.27. The molecular formula is C4H9BrO5Si. The molecule has 0 saturated heterocycles. The van der Waals surface area contributed by atoms with Gasteiger partial charge in [0.25, 0.3) is 0 Å². The number of rotatable bonds is 2. The normalized spacial score (nSPS) is 12.9. The van der Waals surface area contributed by atoms with Gasteiger partial charge in [-0.2, -0.15) is 0 Å². The molecule has 0 aromatic carbocycles. The fourth-order valence-electron chi connectivity index (χ4n) is 0.246. The molecule has 7 heteroatoms. The molecule has 5 nitrogen and oxygen atoms in total. The minimum Gasteiger partial charge on any atom is -0.451 e. The molecule has 3 N–H and O–H groups in total. The summed E-state index contributed by atoms with van der Waals surface area (Å²) in [7, 11) is -4.71. The van der Waals surface area contributed by atoms with Crippen molar-refractivity contribution in [1.82, 2.24) is 0 Å². The molecule has 0 aliphatic heterocycles. The van der Waals surface area contributed by atoms with Crippen molar-refractivity contribution < 1.29 is 23.6 Å². The summed E-state index contributed by atoms with van der Waals surface area (Å²) in [5.41, 5.74) is 0. The second-order valence-electron chi connectivity index (χ2n) is 2.44. The van der Waals surface area contributed by atoms with E-state index in [2.05, 4.69) is 20.4 Å². The Morgan fingerprint density at radius 3 is 1.91 bits per heavy atom. The van der Waals surface area contributed by atoms with Crippen LogP contribution in [0, 0.1) is 0 Å². The van der Waals surface area contributed by atoms with Crippen molar-refractivity contribution in [3.05, 3.63) is 0 Å². The number of alkyl halides is 1. The maximum Gasteiger partial charge on any atom is 0.743 e. The quantitative estimate of drug-likeness (QED) is 0.434. The van der Waals surface area contributed by atoms with Crippen molar-refractivity contribution in [2.24, 2.45) is 0 Å². The third-order valence-electron chi connectivity index (χ3n) is 0.715. The highest BCUT2D eigenvalue weighted by Gasteiger charge is 2.40. The van der Waals surface area contributed by atoms with E-state index in [0.717, 1.165) is 0 Å². The monoisotopic (exact) mass is 244 g/mol. The number of hydrogen-bond acceptors (Lipinski definition) is 5. The summed E-state index contributed by atoms with van der Waals surface area (Å²) in [5.74, 6) is -0.920. The van der Waals surface area contributed by atoms with Crippen LogP contribution < -0.4 is 0 Å². The van der Waals surface area contributed by atoms with Gasteiger partial charge in [-0.15, -0.1) is 0 Å². The van der Waals surface area contributed by atoms with E-state index in [0.29, 0.717) is 0 Å². The molecule has 0 aliphatic rings. The zero-order chi connectivity index (χ0) is 9.28. The molecule has 0 saturated carbocycles. The van der Waals surface area contributed by atoms with Crippen molar-refractivity contribution >= 4 is 30.9 Å². The molecule has 0 spiro atoms. The summed E-state index contributed by atoms with van der Waals surface area (Å²) in [6.07, 6.45) is 0. The van der Waals surface area contributed by atoms with Gasteiger partial charge in [-0.05, 0) is 13.8 Å². The molecule has 0 heterocycles. The van der Waals surface area contributed by atoms with Crippen LogP contribution in [0.4, 0.5) is 0 Å². The Kier molecular flexibility index (Phi) is 3.21. The molecule has 0 aromatic heterocycles. The van der Waals surface area contributed by atoms with Gasteiger partial charge in [0.1, 0.15) is 4.32 Å². The summed E-state index contributed by atoms with van der Waals surface area (Å²) in [4.78, 5) is 35.8. The third-order valence-corrected chi connectivity index (χ3v) is 1.50. The van der Waals surface area contributed by atoms with E-state index in [1.165, 1.54) is 13.8 Å². The molecular weight excluding hydrogens is 236 g/mol. The number of carbonyl (C=O) groups is 1. The van der Waals surface area contributed by atoms with E-state index in [9.17, 15) is 4.79 Å². The van der Waals surface area contributed by atoms with Crippen LogP contribution in [0.25, 0.3) is 0 Å². The number of halogens is 1. The molecule has 0 fully saturated rings.